The first-order chi connectivity index (χ1) is 8.36. The molecule has 1 fully saturated rings. The van der Waals surface area contributed by atoms with E-state index in [1.54, 1.807) is 10.5 Å². The van der Waals surface area contributed by atoms with Crippen molar-refractivity contribution in [3.63, 3.8) is 0 Å². The van der Waals surface area contributed by atoms with Crippen molar-refractivity contribution in [2.75, 3.05) is 31.1 Å². The normalized spacial score (nSPS) is 16.4. The van der Waals surface area contributed by atoms with Crippen LogP contribution in [-0.4, -0.2) is 30.6 Å². The van der Waals surface area contributed by atoms with Gasteiger partial charge >= 0.3 is 0 Å². The van der Waals surface area contributed by atoms with E-state index in [0.29, 0.717) is 0 Å². The Morgan fingerprint density at radius 1 is 1.06 bits per heavy atom. The molecule has 1 aliphatic heterocycles. The molecule has 17 heavy (non-hydrogen) atoms. The van der Waals surface area contributed by atoms with Crippen LogP contribution in [0.5, 0.6) is 0 Å². The summed E-state index contributed by atoms with van der Waals surface area (Å²) in [5, 5.41) is 3.33. The predicted octanol–water partition coefficient (Wildman–Crippen LogP) is 0.709. The molecule has 88 valence electrons. The third-order valence-electron chi connectivity index (χ3n) is 3.20. The second-order valence-corrected chi connectivity index (χ2v) is 4.25. The van der Waals surface area contributed by atoms with Gasteiger partial charge in [0.25, 0.3) is 5.56 Å². The first kappa shape index (κ1) is 10.4. The lowest BCUT2D eigenvalue weighted by atomic mass is 10.2. The van der Waals surface area contributed by atoms with Crippen LogP contribution in [0.15, 0.2) is 41.3 Å². The number of anilines is 1. The van der Waals surface area contributed by atoms with Crippen molar-refractivity contribution in [3.8, 4) is 0 Å². The predicted molar refractivity (Wildman–Crippen MR) is 68.7 cm³/mol. The van der Waals surface area contributed by atoms with Gasteiger partial charge in [-0.3, -0.25) is 9.20 Å². The zero-order valence-electron chi connectivity index (χ0n) is 9.60. The van der Waals surface area contributed by atoms with Crippen molar-refractivity contribution >= 4 is 11.2 Å². The summed E-state index contributed by atoms with van der Waals surface area (Å²) in [5.74, 6) is 0. The van der Waals surface area contributed by atoms with Crippen LogP contribution in [0.25, 0.3) is 5.52 Å². The van der Waals surface area contributed by atoms with Gasteiger partial charge in [0.15, 0.2) is 0 Å². The summed E-state index contributed by atoms with van der Waals surface area (Å²) in [4.78, 5) is 14.1. The SMILES string of the molecule is O=c1ccc(N2CCNCC2)c2ccccn12. The van der Waals surface area contributed by atoms with Crippen LogP contribution in [0.4, 0.5) is 5.69 Å². The minimum Gasteiger partial charge on any atom is -0.367 e. The Morgan fingerprint density at radius 2 is 1.88 bits per heavy atom. The van der Waals surface area contributed by atoms with E-state index in [1.807, 2.05) is 30.5 Å². The monoisotopic (exact) mass is 229 g/mol. The summed E-state index contributed by atoms with van der Waals surface area (Å²) < 4.78 is 1.71. The molecule has 0 spiro atoms. The van der Waals surface area contributed by atoms with E-state index in [4.69, 9.17) is 0 Å². The molecule has 0 saturated carbocycles. The highest BCUT2D eigenvalue weighted by Gasteiger charge is 2.13. The van der Waals surface area contributed by atoms with Crippen LogP contribution < -0.4 is 15.8 Å². The van der Waals surface area contributed by atoms with Gasteiger partial charge < -0.3 is 10.2 Å². The highest BCUT2D eigenvalue weighted by molar-refractivity contribution is 5.73. The van der Waals surface area contributed by atoms with E-state index in [-0.39, 0.29) is 5.56 Å². The van der Waals surface area contributed by atoms with Crippen LogP contribution in [0, 0.1) is 0 Å². The molecule has 0 aliphatic carbocycles. The molecule has 0 amide bonds. The van der Waals surface area contributed by atoms with E-state index >= 15 is 0 Å². The number of fused-ring (bicyclic) bond motifs is 1. The molecule has 3 rings (SSSR count). The number of hydrogen-bond donors (Lipinski definition) is 1. The molecule has 0 atom stereocenters. The summed E-state index contributed by atoms with van der Waals surface area (Å²) >= 11 is 0. The molecular formula is C13H15N3O. The molecule has 1 saturated heterocycles. The van der Waals surface area contributed by atoms with E-state index in [1.165, 1.54) is 0 Å². The lowest BCUT2D eigenvalue weighted by Gasteiger charge is -2.30. The van der Waals surface area contributed by atoms with Crippen molar-refractivity contribution in [3.05, 3.63) is 46.9 Å². The second kappa shape index (κ2) is 4.22. The van der Waals surface area contributed by atoms with Gasteiger partial charge in [-0.2, -0.15) is 0 Å². The average Bonchev–Trinajstić information content (AvgIpc) is 2.41. The zero-order valence-corrected chi connectivity index (χ0v) is 9.60. The van der Waals surface area contributed by atoms with E-state index in [9.17, 15) is 4.79 Å². The lowest BCUT2D eigenvalue weighted by Crippen LogP contribution is -2.43. The fourth-order valence-electron chi connectivity index (χ4n) is 2.33. The topological polar surface area (TPSA) is 36.8 Å². The molecule has 0 unspecified atom stereocenters. The number of rotatable bonds is 1. The molecule has 0 bridgehead atoms. The largest absolute Gasteiger partial charge is 0.367 e. The Kier molecular flexibility index (Phi) is 2.57. The molecule has 1 aliphatic rings. The van der Waals surface area contributed by atoms with E-state index in [0.717, 1.165) is 37.4 Å². The lowest BCUT2D eigenvalue weighted by molar-refractivity contribution is 0.589. The van der Waals surface area contributed by atoms with Crippen molar-refractivity contribution in [2.45, 2.75) is 0 Å². The fraction of sp³-hybridized carbons (Fsp3) is 0.308. The number of nitrogens with zero attached hydrogens (tertiary/aromatic N) is 2. The Balaban J connectivity index is 2.16. The smallest absolute Gasteiger partial charge is 0.255 e. The molecular weight excluding hydrogens is 214 g/mol. The summed E-state index contributed by atoms with van der Waals surface area (Å²) in [6.07, 6.45) is 1.82. The molecule has 1 N–H and O–H groups in total. The van der Waals surface area contributed by atoms with Gasteiger partial charge in [-0.1, -0.05) is 6.07 Å². The van der Waals surface area contributed by atoms with Crippen LogP contribution in [0.1, 0.15) is 0 Å². The number of aromatic nitrogens is 1. The molecule has 4 nitrogen and oxygen atoms in total. The third-order valence-corrected chi connectivity index (χ3v) is 3.20. The molecule has 2 aromatic rings. The van der Waals surface area contributed by atoms with E-state index in [2.05, 4.69) is 10.2 Å². The molecule has 2 aromatic heterocycles. The number of hydrogen-bond acceptors (Lipinski definition) is 3. The van der Waals surface area contributed by atoms with Gasteiger partial charge in [-0.25, -0.2) is 0 Å². The highest BCUT2D eigenvalue weighted by atomic mass is 16.1. The van der Waals surface area contributed by atoms with Gasteiger partial charge in [0.1, 0.15) is 0 Å². The maximum Gasteiger partial charge on any atom is 0.255 e. The Labute approximate surface area is 99.5 Å². The minimum atomic E-state index is 0.0273. The first-order valence-corrected chi connectivity index (χ1v) is 5.92. The number of nitrogens with one attached hydrogen (secondary N) is 1. The van der Waals surface area contributed by atoms with Gasteiger partial charge in [-0.15, -0.1) is 0 Å². The Morgan fingerprint density at radius 3 is 2.71 bits per heavy atom. The quantitative estimate of drug-likeness (QED) is 0.782. The Bertz CT molecular complexity index is 584. The summed E-state index contributed by atoms with van der Waals surface area (Å²) in [7, 11) is 0. The highest BCUT2D eigenvalue weighted by Crippen LogP contribution is 2.19. The van der Waals surface area contributed by atoms with Crippen molar-refractivity contribution < 1.29 is 0 Å². The average molecular weight is 229 g/mol. The van der Waals surface area contributed by atoms with E-state index < -0.39 is 0 Å². The van der Waals surface area contributed by atoms with Crippen molar-refractivity contribution in [1.82, 2.24) is 9.72 Å². The maximum atomic E-state index is 11.7. The molecule has 0 radical (unpaired) electrons. The van der Waals surface area contributed by atoms with Crippen LogP contribution >= 0.6 is 0 Å². The maximum absolute atomic E-state index is 11.7. The number of piperazine rings is 1. The molecule has 0 aromatic carbocycles. The van der Waals surface area contributed by atoms with Gasteiger partial charge in [0, 0.05) is 38.4 Å². The van der Waals surface area contributed by atoms with Crippen molar-refractivity contribution in [2.24, 2.45) is 0 Å². The molecule has 4 heteroatoms. The summed E-state index contributed by atoms with van der Waals surface area (Å²) in [6.45, 7) is 3.97. The summed E-state index contributed by atoms with van der Waals surface area (Å²) in [5.41, 5.74) is 2.16. The van der Waals surface area contributed by atoms with Gasteiger partial charge in [-0.05, 0) is 18.2 Å². The fourth-order valence-corrected chi connectivity index (χ4v) is 2.33. The van der Waals surface area contributed by atoms with Crippen LogP contribution in [-0.2, 0) is 0 Å². The third kappa shape index (κ3) is 1.80. The minimum absolute atomic E-state index is 0.0273. The van der Waals surface area contributed by atoms with Crippen molar-refractivity contribution in [1.29, 1.82) is 0 Å². The zero-order chi connectivity index (χ0) is 11.7. The van der Waals surface area contributed by atoms with Crippen LogP contribution in [0.2, 0.25) is 0 Å². The molecule has 3 heterocycles. The first-order valence-electron chi connectivity index (χ1n) is 5.92. The Hall–Kier alpha value is -1.81. The number of pyridine rings is 2. The van der Waals surface area contributed by atoms with Gasteiger partial charge in [0.05, 0.1) is 11.2 Å². The summed E-state index contributed by atoms with van der Waals surface area (Å²) in [6, 6.07) is 9.43. The standard InChI is InChI=1S/C13H15N3O/c17-13-5-4-11(15-9-6-14-7-10-15)12-3-1-2-8-16(12)13/h1-5,8,14H,6-7,9-10H2. The van der Waals surface area contributed by atoms with Crippen LogP contribution in [0.3, 0.4) is 0 Å². The second-order valence-electron chi connectivity index (χ2n) is 4.25. The van der Waals surface area contributed by atoms with Gasteiger partial charge in [0.2, 0.25) is 0 Å².